The van der Waals surface area contributed by atoms with Gasteiger partial charge in [-0.3, -0.25) is 4.79 Å². The Balaban J connectivity index is 2.74. The van der Waals surface area contributed by atoms with Gasteiger partial charge in [-0.05, 0) is 12.3 Å². The van der Waals surface area contributed by atoms with Crippen LogP contribution in [-0.4, -0.2) is 28.5 Å². The highest BCUT2D eigenvalue weighted by atomic mass is 16.1. The maximum Gasteiger partial charge on any atom is 0.240 e. The fourth-order valence-corrected chi connectivity index (χ4v) is 1.51. The summed E-state index contributed by atoms with van der Waals surface area (Å²) in [6.45, 7) is 6.79. The molecule has 1 rings (SSSR count). The van der Waals surface area contributed by atoms with E-state index in [9.17, 15) is 4.79 Å². The Labute approximate surface area is 107 Å². The fourth-order valence-electron chi connectivity index (χ4n) is 1.51. The van der Waals surface area contributed by atoms with E-state index in [2.05, 4.69) is 27.5 Å². The lowest BCUT2D eigenvalue weighted by atomic mass is 10.0. The quantitative estimate of drug-likeness (QED) is 0.677. The fraction of sp³-hybridized carbons (Fsp3) is 0.583. The van der Waals surface area contributed by atoms with E-state index < -0.39 is 6.04 Å². The van der Waals surface area contributed by atoms with E-state index in [1.54, 1.807) is 6.07 Å². The van der Waals surface area contributed by atoms with E-state index in [1.807, 2.05) is 13.8 Å². The monoisotopic (exact) mass is 251 g/mol. The number of hydrogen-bond donors (Lipinski definition) is 3. The molecular formula is C12H21N5O. The largest absolute Gasteiger partial charge is 0.370 e. The van der Waals surface area contributed by atoms with Crippen molar-refractivity contribution in [1.82, 2.24) is 9.97 Å². The molecule has 1 atom stereocenters. The van der Waals surface area contributed by atoms with Gasteiger partial charge in [-0.25, -0.2) is 9.97 Å². The number of hydrogen-bond acceptors (Lipinski definition) is 5. The minimum Gasteiger partial charge on any atom is -0.370 e. The highest BCUT2D eigenvalue weighted by Crippen LogP contribution is 2.13. The molecule has 0 aliphatic carbocycles. The number of nitrogens with zero attached hydrogens (tertiary/aromatic N) is 2. The van der Waals surface area contributed by atoms with Crippen molar-refractivity contribution in [3.8, 4) is 0 Å². The normalized spacial score (nSPS) is 12.2. The molecule has 4 N–H and O–H groups in total. The van der Waals surface area contributed by atoms with Crippen LogP contribution in [0.15, 0.2) is 12.4 Å². The number of anilines is 2. The lowest BCUT2D eigenvalue weighted by Crippen LogP contribution is -2.39. The molecule has 0 bridgehead atoms. The molecule has 18 heavy (non-hydrogen) atoms. The van der Waals surface area contributed by atoms with Gasteiger partial charge in [0, 0.05) is 12.6 Å². The zero-order chi connectivity index (χ0) is 13.5. The molecule has 6 nitrogen and oxygen atoms in total. The number of primary amides is 1. The standard InChI is InChI=1S/C12H21N5O/c1-4-5-14-9-6-10(16-7-15-9)17-11(8(2)3)12(13)18/h6-8,11H,4-5H2,1-3H3,(H2,13,18)(H2,14,15,16,17). The molecule has 100 valence electrons. The summed E-state index contributed by atoms with van der Waals surface area (Å²) in [5.74, 6) is 1.05. The Morgan fingerprint density at radius 3 is 2.61 bits per heavy atom. The smallest absolute Gasteiger partial charge is 0.240 e. The lowest BCUT2D eigenvalue weighted by molar-refractivity contribution is -0.119. The van der Waals surface area contributed by atoms with Crippen LogP contribution in [0.2, 0.25) is 0 Å². The lowest BCUT2D eigenvalue weighted by Gasteiger charge is -2.19. The van der Waals surface area contributed by atoms with Crippen molar-refractivity contribution in [3.63, 3.8) is 0 Å². The Kier molecular flexibility index (Phi) is 5.35. The van der Waals surface area contributed by atoms with Crippen LogP contribution in [-0.2, 0) is 4.79 Å². The van der Waals surface area contributed by atoms with Gasteiger partial charge in [0.05, 0.1) is 0 Å². The van der Waals surface area contributed by atoms with Gasteiger partial charge in [0.1, 0.15) is 24.0 Å². The van der Waals surface area contributed by atoms with Crippen molar-refractivity contribution in [1.29, 1.82) is 0 Å². The first-order valence-corrected chi connectivity index (χ1v) is 6.16. The number of carbonyl (C=O) groups is 1. The van der Waals surface area contributed by atoms with E-state index in [0.717, 1.165) is 18.8 Å². The summed E-state index contributed by atoms with van der Waals surface area (Å²) in [6.07, 6.45) is 2.47. The minimum absolute atomic E-state index is 0.101. The number of nitrogens with one attached hydrogen (secondary N) is 2. The van der Waals surface area contributed by atoms with Gasteiger partial charge in [0.15, 0.2) is 0 Å². The Morgan fingerprint density at radius 1 is 1.39 bits per heavy atom. The van der Waals surface area contributed by atoms with Gasteiger partial charge in [0.25, 0.3) is 0 Å². The van der Waals surface area contributed by atoms with Crippen LogP contribution in [0.4, 0.5) is 11.6 Å². The third-order valence-electron chi connectivity index (χ3n) is 2.50. The second-order valence-electron chi connectivity index (χ2n) is 4.48. The summed E-state index contributed by atoms with van der Waals surface area (Å²) in [5.41, 5.74) is 5.34. The van der Waals surface area contributed by atoms with E-state index in [-0.39, 0.29) is 11.8 Å². The van der Waals surface area contributed by atoms with Crippen LogP contribution in [0.3, 0.4) is 0 Å². The zero-order valence-corrected chi connectivity index (χ0v) is 11.1. The SMILES string of the molecule is CCCNc1cc(NC(C(N)=O)C(C)C)ncn1. The summed E-state index contributed by atoms with van der Waals surface area (Å²) in [6, 6.07) is 1.34. The highest BCUT2D eigenvalue weighted by Gasteiger charge is 2.19. The van der Waals surface area contributed by atoms with Crippen molar-refractivity contribution in [2.75, 3.05) is 17.2 Å². The molecule has 1 aromatic rings. The molecule has 1 unspecified atom stereocenters. The first-order valence-electron chi connectivity index (χ1n) is 6.16. The number of amides is 1. The van der Waals surface area contributed by atoms with E-state index in [0.29, 0.717) is 5.82 Å². The van der Waals surface area contributed by atoms with Crippen molar-refractivity contribution >= 4 is 17.5 Å². The second-order valence-corrected chi connectivity index (χ2v) is 4.48. The number of nitrogens with two attached hydrogens (primary N) is 1. The zero-order valence-electron chi connectivity index (χ0n) is 11.1. The van der Waals surface area contributed by atoms with Crippen LogP contribution in [0.5, 0.6) is 0 Å². The molecular weight excluding hydrogens is 230 g/mol. The third kappa shape index (κ3) is 4.20. The molecule has 1 heterocycles. The third-order valence-corrected chi connectivity index (χ3v) is 2.50. The molecule has 0 aliphatic rings. The molecule has 6 heteroatoms. The van der Waals surface area contributed by atoms with Crippen LogP contribution in [0.1, 0.15) is 27.2 Å². The number of carbonyl (C=O) groups excluding carboxylic acids is 1. The molecule has 0 aliphatic heterocycles. The van der Waals surface area contributed by atoms with Gasteiger partial charge in [-0.1, -0.05) is 20.8 Å². The molecule has 1 amide bonds. The molecule has 0 fully saturated rings. The van der Waals surface area contributed by atoms with Crippen molar-refractivity contribution in [2.24, 2.45) is 11.7 Å². The second kappa shape index (κ2) is 6.78. The van der Waals surface area contributed by atoms with Gasteiger partial charge in [-0.15, -0.1) is 0 Å². The van der Waals surface area contributed by atoms with Gasteiger partial charge >= 0.3 is 0 Å². The summed E-state index contributed by atoms with van der Waals surface area (Å²) >= 11 is 0. The van der Waals surface area contributed by atoms with Crippen LogP contribution < -0.4 is 16.4 Å². The summed E-state index contributed by atoms with van der Waals surface area (Å²) < 4.78 is 0. The van der Waals surface area contributed by atoms with E-state index in [4.69, 9.17) is 5.73 Å². The Morgan fingerprint density at radius 2 is 2.06 bits per heavy atom. The average Bonchev–Trinajstić information content (AvgIpc) is 2.33. The molecule has 0 spiro atoms. The summed E-state index contributed by atoms with van der Waals surface area (Å²) in [4.78, 5) is 19.5. The van der Waals surface area contributed by atoms with Gasteiger partial charge in [0.2, 0.25) is 5.91 Å². The topological polar surface area (TPSA) is 92.9 Å². The molecule has 0 saturated carbocycles. The number of rotatable bonds is 7. The van der Waals surface area contributed by atoms with Gasteiger partial charge in [-0.2, -0.15) is 0 Å². The maximum absolute atomic E-state index is 11.3. The van der Waals surface area contributed by atoms with E-state index in [1.165, 1.54) is 6.33 Å². The Bertz CT molecular complexity index is 394. The highest BCUT2D eigenvalue weighted by molar-refractivity contribution is 5.83. The minimum atomic E-state index is -0.432. The van der Waals surface area contributed by atoms with Crippen molar-refractivity contribution in [2.45, 2.75) is 33.2 Å². The molecule has 0 radical (unpaired) electrons. The summed E-state index contributed by atoms with van der Waals surface area (Å²) in [5, 5.41) is 6.19. The van der Waals surface area contributed by atoms with Crippen LogP contribution in [0.25, 0.3) is 0 Å². The van der Waals surface area contributed by atoms with Crippen LogP contribution >= 0.6 is 0 Å². The number of aromatic nitrogens is 2. The van der Waals surface area contributed by atoms with Crippen molar-refractivity contribution < 1.29 is 4.79 Å². The Hall–Kier alpha value is -1.85. The molecule has 0 aromatic carbocycles. The predicted octanol–water partition coefficient (Wildman–Crippen LogP) is 1.22. The summed E-state index contributed by atoms with van der Waals surface area (Å²) in [7, 11) is 0. The first-order chi connectivity index (χ1) is 8.54. The molecule has 0 saturated heterocycles. The first kappa shape index (κ1) is 14.2. The average molecular weight is 251 g/mol. The van der Waals surface area contributed by atoms with Gasteiger partial charge < -0.3 is 16.4 Å². The van der Waals surface area contributed by atoms with Crippen molar-refractivity contribution in [3.05, 3.63) is 12.4 Å². The predicted molar refractivity (Wildman–Crippen MR) is 72.3 cm³/mol. The maximum atomic E-state index is 11.3. The van der Waals surface area contributed by atoms with Crippen LogP contribution in [0, 0.1) is 5.92 Å². The molecule has 1 aromatic heterocycles. The van der Waals surface area contributed by atoms with E-state index >= 15 is 0 Å².